The molecule has 0 bridgehead atoms. The Kier molecular flexibility index (Phi) is 3.41. The number of hydrogen-bond acceptors (Lipinski definition) is 1. The zero-order valence-corrected chi connectivity index (χ0v) is 12.7. The molecule has 106 valence electrons. The molecule has 0 radical (unpaired) electrons. The average Bonchev–Trinajstić information content (AvgIpc) is 2.74. The van der Waals surface area contributed by atoms with Crippen LogP contribution in [0.15, 0.2) is 18.3 Å². The molecular formula is C18H23NO. The van der Waals surface area contributed by atoms with E-state index < -0.39 is 0 Å². The summed E-state index contributed by atoms with van der Waals surface area (Å²) < 4.78 is 2.22. The third kappa shape index (κ3) is 2.17. The lowest BCUT2D eigenvalue weighted by molar-refractivity contribution is -0.124. The van der Waals surface area contributed by atoms with Crippen LogP contribution in [0, 0.1) is 19.8 Å². The quantitative estimate of drug-likeness (QED) is 0.804. The van der Waals surface area contributed by atoms with Gasteiger partial charge >= 0.3 is 0 Å². The molecule has 1 atom stereocenters. The highest BCUT2D eigenvalue weighted by Crippen LogP contribution is 2.30. The minimum absolute atomic E-state index is 0.246. The van der Waals surface area contributed by atoms with Gasteiger partial charge in [0.1, 0.15) is 5.78 Å². The number of aromatic nitrogens is 1. The van der Waals surface area contributed by atoms with Crippen molar-refractivity contribution in [3.63, 3.8) is 0 Å². The van der Waals surface area contributed by atoms with Crippen molar-refractivity contribution in [1.82, 2.24) is 4.57 Å². The van der Waals surface area contributed by atoms with Crippen LogP contribution in [0.4, 0.5) is 0 Å². The summed E-state index contributed by atoms with van der Waals surface area (Å²) in [5.41, 5.74) is 5.35. The van der Waals surface area contributed by atoms with Crippen molar-refractivity contribution in [3.8, 4) is 0 Å². The molecule has 20 heavy (non-hydrogen) atoms. The van der Waals surface area contributed by atoms with Crippen LogP contribution in [0.1, 0.15) is 42.4 Å². The summed E-state index contributed by atoms with van der Waals surface area (Å²) in [5.74, 6) is 0.716. The Morgan fingerprint density at radius 3 is 2.80 bits per heavy atom. The zero-order valence-electron chi connectivity index (χ0n) is 12.7. The van der Waals surface area contributed by atoms with Crippen molar-refractivity contribution in [3.05, 3.63) is 35.0 Å². The minimum atomic E-state index is 0.246. The number of ketones is 1. The van der Waals surface area contributed by atoms with E-state index in [4.69, 9.17) is 0 Å². The highest BCUT2D eigenvalue weighted by Gasteiger charge is 2.23. The molecule has 3 rings (SSSR count). The Balaban J connectivity index is 2.00. The second kappa shape index (κ2) is 5.08. The van der Waals surface area contributed by atoms with E-state index in [2.05, 4.69) is 43.8 Å². The van der Waals surface area contributed by atoms with Crippen LogP contribution in [-0.4, -0.2) is 10.4 Å². The largest absolute Gasteiger partial charge is 0.350 e. The standard InChI is InChI=1S/C18H23NO/c1-12-8-9-16-15(11-19(3)18(16)13(12)2)10-14-6-4-5-7-17(14)20/h8-9,11,14H,4-7,10H2,1-3H3. The van der Waals surface area contributed by atoms with Gasteiger partial charge in [0.2, 0.25) is 0 Å². The Morgan fingerprint density at radius 2 is 2.05 bits per heavy atom. The molecule has 2 heteroatoms. The predicted molar refractivity (Wildman–Crippen MR) is 83.1 cm³/mol. The molecule has 1 heterocycles. The minimum Gasteiger partial charge on any atom is -0.350 e. The van der Waals surface area contributed by atoms with Gasteiger partial charge in [-0.15, -0.1) is 0 Å². The van der Waals surface area contributed by atoms with Crippen molar-refractivity contribution in [2.75, 3.05) is 0 Å². The fraction of sp³-hybridized carbons (Fsp3) is 0.500. The summed E-state index contributed by atoms with van der Waals surface area (Å²) in [4.78, 5) is 12.1. The topological polar surface area (TPSA) is 22.0 Å². The van der Waals surface area contributed by atoms with E-state index in [0.29, 0.717) is 5.78 Å². The third-order valence-electron chi connectivity index (χ3n) is 4.90. The van der Waals surface area contributed by atoms with Gasteiger partial charge in [0.05, 0.1) is 5.52 Å². The summed E-state index contributed by atoms with van der Waals surface area (Å²) in [6.45, 7) is 4.35. The molecule has 2 aromatic rings. The van der Waals surface area contributed by atoms with Crippen molar-refractivity contribution in [1.29, 1.82) is 0 Å². The van der Waals surface area contributed by atoms with E-state index in [0.717, 1.165) is 25.7 Å². The lowest BCUT2D eigenvalue weighted by atomic mass is 9.83. The summed E-state index contributed by atoms with van der Waals surface area (Å²) in [7, 11) is 2.11. The van der Waals surface area contributed by atoms with Crippen molar-refractivity contribution in [2.24, 2.45) is 13.0 Å². The van der Waals surface area contributed by atoms with Crippen LogP contribution in [-0.2, 0) is 18.3 Å². The highest BCUT2D eigenvalue weighted by atomic mass is 16.1. The smallest absolute Gasteiger partial charge is 0.136 e. The van der Waals surface area contributed by atoms with Gasteiger partial charge in [0.15, 0.2) is 0 Å². The predicted octanol–water partition coefficient (Wildman–Crippen LogP) is 4.10. The lowest BCUT2D eigenvalue weighted by Gasteiger charge is -2.20. The molecule has 1 aliphatic rings. The summed E-state index contributed by atoms with van der Waals surface area (Å²) >= 11 is 0. The number of hydrogen-bond donors (Lipinski definition) is 0. The van der Waals surface area contributed by atoms with Crippen LogP contribution in [0.5, 0.6) is 0 Å². The van der Waals surface area contributed by atoms with Gasteiger partial charge in [-0.2, -0.15) is 0 Å². The second-order valence-corrected chi connectivity index (χ2v) is 6.28. The number of fused-ring (bicyclic) bond motifs is 1. The maximum Gasteiger partial charge on any atom is 0.136 e. The number of aryl methyl sites for hydroxylation is 3. The van der Waals surface area contributed by atoms with Crippen molar-refractivity contribution >= 4 is 16.7 Å². The van der Waals surface area contributed by atoms with E-state index in [9.17, 15) is 4.79 Å². The van der Waals surface area contributed by atoms with E-state index in [1.807, 2.05) is 0 Å². The molecular weight excluding hydrogens is 246 g/mol. The van der Waals surface area contributed by atoms with Gasteiger partial charge in [0.25, 0.3) is 0 Å². The van der Waals surface area contributed by atoms with Gasteiger partial charge in [-0.25, -0.2) is 0 Å². The number of rotatable bonds is 2. The van der Waals surface area contributed by atoms with Gasteiger partial charge < -0.3 is 4.57 Å². The molecule has 0 N–H and O–H groups in total. The van der Waals surface area contributed by atoms with Gasteiger partial charge in [-0.05, 0) is 49.8 Å². The number of nitrogens with zero attached hydrogens (tertiary/aromatic N) is 1. The summed E-state index contributed by atoms with van der Waals surface area (Å²) in [6, 6.07) is 4.42. The van der Waals surface area contributed by atoms with Crippen LogP contribution in [0.2, 0.25) is 0 Å². The van der Waals surface area contributed by atoms with E-state index >= 15 is 0 Å². The second-order valence-electron chi connectivity index (χ2n) is 6.28. The summed E-state index contributed by atoms with van der Waals surface area (Å²) in [5, 5.41) is 1.33. The Hall–Kier alpha value is -1.57. The van der Waals surface area contributed by atoms with Crippen LogP contribution in [0.25, 0.3) is 10.9 Å². The fourth-order valence-corrected chi connectivity index (χ4v) is 3.58. The number of benzene rings is 1. The van der Waals surface area contributed by atoms with Crippen molar-refractivity contribution in [2.45, 2.75) is 46.0 Å². The molecule has 0 aliphatic heterocycles. The van der Waals surface area contributed by atoms with Crippen molar-refractivity contribution < 1.29 is 4.79 Å². The maximum atomic E-state index is 12.1. The first kappa shape index (κ1) is 13.4. The monoisotopic (exact) mass is 269 g/mol. The first-order valence-corrected chi connectivity index (χ1v) is 7.64. The molecule has 0 spiro atoms. The van der Waals surface area contributed by atoms with E-state index in [1.54, 1.807) is 0 Å². The van der Waals surface area contributed by atoms with Gasteiger partial charge in [-0.3, -0.25) is 4.79 Å². The third-order valence-corrected chi connectivity index (χ3v) is 4.90. The molecule has 2 nitrogen and oxygen atoms in total. The van der Waals surface area contributed by atoms with E-state index in [1.165, 1.54) is 34.0 Å². The molecule has 1 saturated carbocycles. The average molecular weight is 269 g/mol. The van der Waals surface area contributed by atoms with Crippen LogP contribution in [0.3, 0.4) is 0 Å². The molecule has 1 aromatic carbocycles. The summed E-state index contributed by atoms with van der Waals surface area (Å²) in [6.07, 6.45) is 7.29. The fourth-order valence-electron chi connectivity index (χ4n) is 3.58. The molecule has 1 fully saturated rings. The zero-order chi connectivity index (χ0) is 14.3. The Morgan fingerprint density at radius 1 is 1.25 bits per heavy atom. The maximum absolute atomic E-state index is 12.1. The molecule has 0 saturated heterocycles. The highest BCUT2D eigenvalue weighted by molar-refractivity contribution is 5.89. The number of carbonyl (C=O) groups excluding carboxylic acids is 1. The normalized spacial score (nSPS) is 19.8. The van der Waals surface area contributed by atoms with Gasteiger partial charge in [0, 0.05) is 31.0 Å². The SMILES string of the molecule is Cc1ccc2c(CC3CCCCC3=O)cn(C)c2c1C. The lowest BCUT2D eigenvalue weighted by Crippen LogP contribution is -2.20. The number of Topliss-reactive ketones (excluding diaryl/α,β-unsaturated/α-hetero) is 1. The molecule has 1 aromatic heterocycles. The first-order valence-electron chi connectivity index (χ1n) is 7.64. The van der Waals surface area contributed by atoms with E-state index in [-0.39, 0.29) is 5.92 Å². The molecule has 1 aliphatic carbocycles. The molecule has 1 unspecified atom stereocenters. The van der Waals surface area contributed by atoms with Crippen LogP contribution >= 0.6 is 0 Å². The molecule has 0 amide bonds. The van der Waals surface area contributed by atoms with Crippen LogP contribution < -0.4 is 0 Å². The van der Waals surface area contributed by atoms with Gasteiger partial charge in [-0.1, -0.05) is 18.6 Å². The Bertz CT molecular complexity index is 666. The Labute approximate surface area is 120 Å². The number of carbonyl (C=O) groups is 1. The first-order chi connectivity index (χ1) is 9.58.